The molecule has 2 heterocycles. The van der Waals surface area contributed by atoms with Crippen LogP contribution in [0.2, 0.25) is 0 Å². The van der Waals surface area contributed by atoms with Crippen molar-refractivity contribution in [2.45, 2.75) is 26.3 Å². The summed E-state index contributed by atoms with van der Waals surface area (Å²) in [5.74, 6) is 0.0826. The van der Waals surface area contributed by atoms with Gasteiger partial charge in [0.1, 0.15) is 12.5 Å². The van der Waals surface area contributed by atoms with Crippen molar-refractivity contribution >= 4 is 33.2 Å². The van der Waals surface area contributed by atoms with Crippen LogP contribution in [0.3, 0.4) is 0 Å². The molecular weight excluding hydrogens is 314 g/mol. The van der Waals surface area contributed by atoms with Crippen molar-refractivity contribution in [3.63, 3.8) is 0 Å². The Kier molecular flexibility index (Phi) is 5.21. The lowest BCUT2D eigenvalue weighted by Gasteiger charge is -2.28. The quantitative estimate of drug-likeness (QED) is 0.853. The number of rotatable bonds is 4. The summed E-state index contributed by atoms with van der Waals surface area (Å²) < 4.78 is 6.28. The van der Waals surface area contributed by atoms with Crippen LogP contribution in [-0.4, -0.2) is 25.7 Å². The summed E-state index contributed by atoms with van der Waals surface area (Å²) in [5, 5.41) is 2.11. The minimum Gasteiger partial charge on any atom is -0.466 e. The Hall–Kier alpha value is -0.390. The number of carbonyl (C=O) groups is 1. The maximum absolute atomic E-state index is 11.8. The average Bonchev–Trinajstić information content (AvgIpc) is 2.75. The van der Waals surface area contributed by atoms with Crippen LogP contribution in [0, 0.1) is 5.92 Å². The normalized spacial score (nSPS) is 23.9. The Morgan fingerprint density at radius 2 is 2.50 bits per heavy atom. The maximum atomic E-state index is 11.8. The maximum Gasteiger partial charge on any atom is 0.314 e. The first kappa shape index (κ1) is 14.0. The molecule has 18 heavy (non-hydrogen) atoms. The van der Waals surface area contributed by atoms with Crippen molar-refractivity contribution < 1.29 is 14.4 Å². The SMILES string of the molecule is CCOC(=O)[C@H]1CCC[NH+](Cc2cc(Br)cs2)C1. The van der Waals surface area contributed by atoms with E-state index in [1.54, 1.807) is 11.3 Å². The fourth-order valence-corrected chi connectivity index (χ4v) is 3.99. The van der Waals surface area contributed by atoms with E-state index in [1.165, 1.54) is 9.78 Å². The van der Waals surface area contributed by atoms with E-state index in [-0.39, 0.29) is 11.9 Å². The van der Waals surface area contributed by atoms with Crippen molar-refractivity contribution in [2.24, 2.45) is 5.92 Å². The number of hydrogen-bond acceptors (Lipinski definition) is 3. The van der Waals surface area contributed by atoms with Crippen molar-refractivity contribution in [1.82, 2.24) is 0 Å². The van der Waals surface area contributed by atoms with Crippen LogP contribution in [0.1, 0.15) is 24.6 Å². The van der Waals surface area contributed by atoms with Gasteiger partial charge >= 0.3 is 5.97 Å². The third-order valence-electron chi connectivity index (χ3n) is 3.28. The first-order chi connectivity index (χ1) is 8.69. The predicted molar refractivity (Wildman–Crippen MR) is 75.8 cm³/mol. The van der Waals surface area contributed by atoms with Crippen LogP contribution < -0.4 is 4.90 Å². The number of quaternary nitrogens is 1. The molecule has 1 aromatic heterocycles. The number of halogens is 1. The van der Waals surface area contributed by atoms with E-state index in [2.05, 4.69) is 27.4 Å². The molecule has 100 valence electrons. The molecule has 0 bridgehead atoms. The zero-order chi connectivity index (χ0) is 13.0. The second kappa shape index (κ2) is 6.68. The van der Waals surface area contributed by atoms with E-state index < -0.39 is 0 Å². The van der Waals surface area contributed by atoms with Gasteiger partial charge < -0.3 is 9.64 Å². The van der Waals surface area contributed by atoms with Gasteiger partial charge in [-0.2, -0.15) is 0 Å². The molecule has 5 heteroatoms. The van der Waals surface area contributed by atoms with E-state index in [0.717, 1.165) is 36.9 Å². The fraction of sp³-hybridized carbons (Fsp3) is 0.615. The highest BCUT2D eigenvalue weighted by Gasteiger charge is 2.29. The third-order valence-corrected chi connectivity index (χ3v) is 4.98. The van der Waals surface area contributed by atoms with Crippen molar-refractivity contribution in [2.75, 3.05) is 19.7 Å². The smallest absolute Gasteiger partial charge is 0.314 e. The molecule has 2 atom stereocenters. The Morgan fingerprint density at radius 3 is 3.17 bits per heavy atom. The Bertz CT molecular complexity index is 407. The highest BCUT2D eigenvalue weighted by molar-refractivity contribution is 9.10. The molecule has 1 aliphatic heterocycles. The van der Waals surface area contributed by atoms with E-state index in [1.807, 2.05) is 6.92 Å². The summed E-state index contributed by atoms with van der Waals surface area (Å²) in [6.07, 6.45) is 2.10. The predicted octanol–water partition coefficient (Wildman–Crippen LogP) is 1.87. The molecular formula is C13H19BrNO2S+. The molecule has 0 amide bonds. The molecule has 0 aliphatic carbocycles. The third kappa shape index (κ3) is 3.80. The van der Waals surface area contributed by atoms with Gasteiger partial charge in [0.25, 0.3) is 0 Å². The molecule has 0 spiro atoms. The monoisotopic (exact) mass is 332 g/mol. The number of esters is 1. The zero-order valence-electron chi connectivity index (χ0n) is 10.6. The lowest BCUT2D eigenvalue weighted by molar-refractivity contribution is -0.920. The van der Waals surface area contributed by atoms with Crippen molar-refractivity contribution in [1.29, 1.82) is 0 Å². The van der Waals surface area contributed by atoms with E-state index in [9.17, 15) is 4.79 Å². The summed E-state index contributed by atoms with van der Waals surface area (Å²) >= 11 is 5.26. The molecule has 0 aromatic carbocycles. The summed E-state index contributed by atoms with van der Waals surface area (Å²) in [6, 6.07) is 2.17. The van der Waals surface area contributed by atoms with Gasteiger partial charge in [0.15, 0.2) is 0 Å². The second-order valence-electron chi connectivity index (χ2n) is 4.70. The first-order valence-electron chi connectivity index (χ1n) is 6.42. The van der Waals surface area contributed by atoms with Gasteiger partial charge in [-0.15, -0.1) is 11.3 Å². The molecule has 0 radical (unpaired) electrons. The number of thiophene rings is 1. The van der Waals surface area contributed by atoms with Crippen LogP contribution in [0.5, 0.6) is 0 Å². The van der Waals surface area contributed by atoms with Gasteiger partial charge in [-0.3, -0.25) is 4.79 Å². The minimum atomic E-state index is -0.0120. The standard InChI is InChI=1S/C13H18BrNO2S/c1-2-17-13(16)10-4-3-5-15(7-10)8-12-6-11(14)9-18-12/h6,9-10H,2-5,7-8H2,1H3/p+1/t10-/m0/s1. The lowest BCUT2D eigenvalue weighted by Crippen LogP contribution is -3.12. The van der Waals surface area contributed by atoms with Gasteiger partial charge in [0.05, 0.1) is 24.6 Å². The number of ether oxygens (including phenoxy) is 1. The van der Waals surface area contributed by atoms with Gasteiger partial charge in [-0.1, -0.05) is 0 Å². The molecule has 3 nitrogen and oxygen atoms in total. The summed E-state index contributed by atoms with van der Waals surface area (Å²) in [6.45, 7) is 5.45. The van der Waals surface area contributed by atoms with Gasteiger partial charge in [0, 0.05) is 9.85 Å². The average molecular weight is 333 g/mol. The molecule has 1 saturated heterocycles. The molecule has 1 aliphatic rings. The fourth-order valence-electron chi connectivity index (χ4n) is 2.47. The van der Waals surface area contributed by atoms with Gasteiger partial charge in [0.2, 0.25) is 0 Å². The molecule has 1 aromatic rings. The summed E-state index contributed by atoms with van der Waals surface area (Å²) in [5.41, 5.74) is 0. The lowest BCUT2D eigenvalue weighted by atomic mass is 9.98. The number of nitrogens with one attached hydrogen (secondary N) is 1. The second-order valence-corrected chi connectivity index (χ2v) is 6.61. The Labute approximate surface area is 120 Å². The summed E-state index contributed by atoms with van der Waals surface area (Å²) in [7, 11) is 0. The molecule has 0 saturated carbocycles. The first-order valence-corrected chi connectivity index (χ1v) is 8.09. The van der Waals surface area contributed by atoms with Crippen LogP contribution in [0.4, 0.5) is 0 Å². The topological polar surface area (TPSA) is 30.7 Å². The van der Waals surface area contributed by atoms with E-state index in [4.69, 9.17) is 4.74 Å². The van der Waals surface area contributed by atoms with Crippen LogP contribution in [-0.2, 0) is 16.1 Å². The Morgan fingerprint density at radius 1 is 1.67 bits per heavy atom. The molecule has 1 fully saturated rings. The number of piperidine rings is 1. The van der Waals surface area contributed by atoms with E-state index >= 15 is 0 Å². The zero-order valence-corrected chi connectivity index (χ0v) is 13.0. The Balaban J connectivity index is 1.88. The van der Waals surface area contributed by atoms with Gasteiger partial charge in [-0.05, 0) is 41.8 Å². The highest BCUT2D eigenvalue weighted by Crippen LogP contribution is 2.19. The van der Waals surface area contributed by atoms with Crippen molar-refractivity contribution in [3.05, 3.63) is 20.8 Å². The summed E-state index contributed by atoms with van der Waals surface area (Å²) in [4.78, 5) is 14.6. The van der Waals surface area contributed by atoms with Crippen LogP contribution in [0.25, 0.3) is 0 Å². The van der Waals surface area contributed by atoms with Crippen molar-refractivity contribution in [3.8, 4) is 0 Å². The van der Waals surface area contributed by atoms with Gasteiger partial charge in [-0.25, -0.2) is 0 Å². The number of hydrogen-bond donors (Lipinski definition) is 1. The molecule has 1 unspecified atom stereocenters. The van der Waals surface area contributed by atoms with Crippen LogP contribution >= 0.6 is 27.3 Å². The molecule has 1 N–H and O–H groups in total. The van der Waals surface area contributed by atoms with Crippen LogP contribution in [0.15, 0.2) is 15.9 Å². The largest absolute Gasteiger partial charge is 0.466 e. The number of likely N-dealkylation sites (tertiary alicyclic amines) is 1. The van der Waals surface area contributed by atoms with E-state index in [0.29, 0.717) is 6.61 Å². The highest BCUT2D eigenvalue weighted by atomic mass is 79.9. The minimum absolute atomic E-state index is 0.0120. The molecule has 2 rings (SSSR count). The number of carbonyl (C=O) groups excluding carboxylic acids is 1.